The molecule has 148 valence electrons. The molecule has 0 aliphatic rings. The molecular weight excluding hydrogens is 413 g/mol. The largest absolute Gasteiger partial charge is 0.494 e. The van der Waals surface area contributed by atoms with Crippen LogP contribution in [-0.4, -0.2) is 23.8 Å². The first kappa shape index (κ1) is 20.6. The number of halogens is 2. The number of hydrazone groups is 1. The van der Waals surface area contributed by atoms with Crippen molar-refractivity contribution >= 4 is 35.3 Å². The molecule has 0 bridgehead atoms. The molecular formula is C21H17Cl2N3O3. The molecule has 2 aromatic carbocycles. The van der Waals surface area contributed by atoms with Crippen LogP contribution in [0.25, 0.3) is 0 Å². The number of methoxy groups -OCH3 is 1. The van der Waals surface area contributed by atoms with Gasteiger partial charge in [0.15, 0.2) is 5.75 Å². The highest BCUT2D eigenvalue weighted by molar-refractivity contribution is 6.37. The molecule has 0 saturated carbocycles. The van der Waals surface area contributed by atoms with Crippen LogP contribution in [0.15, 0.2) is 70.7 Å². The first-order valence-electron chi connectivity index (χ1n) is 8.59. The molecule has 1 heterocycles. The van der Waals surface area contributed by atoms with Crippen molar-refractivity contribution in [3.8, 4) is 5.75 Å². The number of carbonyl (C=O) groups excluding carboxylic acids is 1. The van der Waals surface area contributed by atoms with Crippen molar-refractivity contribution in [3.05, 3.63) is 97.9 Å². The molecule has 0 fully saturated rings. The average Bonchev–Trinajstić information content (AvgIpc) is 2.70. The molecule has 1 N–H and O–H groups in total. The van der Waals surface area contributed by atoms with Gasteiger partial charge in [0.2, 0.25) is 0 Å². The molecule has 1 aromatic heterocycles. The van der Waals surface area contributed by atoms with Gasteiger partial charge < -0.3 is 9.30 Å². The number of hydrogen-bond acceptors (Lipinski definition) is 4. The van der Waals surface area contributed by atoms with Gasteiger partial charge in [-0.2, -0.15) is 5.10 Å². The fourth-order valence-corrected chi connectivity index (χ4v) is 3.35. The quantitative estimate of drug-likeness (QED) is 0.475. The lowest BCUT2D eigenvalue weighted by atomic mass is 10.2. The van der Waals surface area contributed by atoms with E-state index in [2.05, 4.69) is 10.5 Å². The Morgan fingerprint density at radius 3 is 2.48 bits per heavy atom. The highest BCUT2D eigenvalue weighted by atomic mass is 35.5. The van der Waals surface area contributed by atoms with E-state index in [-0.39, 0.29) is 5.56 Å². The van der Waals surface area contributed by atoms with Gasteiger partial charge in [-0.15, -0.1) is 0 Å². The molecule has 0 radical (unpaired) electrons. The molecule has 6 nitrogen and oxygen atoms in total. The van der Waals surface area contributed by atoms with Gasteiger partial charge in [0.05, 0.1) is 29.9 Å². The second kappa shape index (κ2) is 9.41. The smallest absolute Gasteiger partial charge is 0.276 e. The number of amides is 1. The number of nitrogens with one attached hydrogen (secondary N) is 1. The maximum Gasteiger partial charge on any atom is 0.276 e. The Morgan fingerprint density at radius 2 is 1.83 bits per heavy atom. The predicted octanol–water partition coefficient (Wildman–Crippen LogP) is 3.98. The topological polar surface area (TPSA) is 72.7 Å². The van der Waals surface area contributed by atoms with E-state index in [9.17, 15) is 9.59 Å². The van der Waals surface area contributed by atoms with Crippen LogP contribution in [0.4, 0.5) is 0 Å². The minimum absolute atomic E-state index is 0.00798. The lowest BCUT2D eigenvalue weighted by Crippen LogP contribution is -2.30. The van der Waals surface area contributed by atoms with Gasteiger partial charge in [-0.1, -0.05) is 53.5 Å². The Hall–Kier alpha value is -3.09. The molecule has 0 unspecified atom stereocenters. The van der Waals surface area contributed by atoms with Crippen molar-refractivity contribution in [2.24, 2.45) is 5.10 Å². The summed E-state index contributed by atoms with van der Waals surface area (Å²) in [6, 6.07) is 15.8. The van der Waals surface area contributed by atoms with E-state index < -0.39 is 11.5 Å². The van der Waals surface area contributed by atoms with E-state index in [1.807, 2.05) is 30.3 Å². The summed E-state index contributed by atoms with van der Waals surface area (Å²) in [6.07, 6.45) is 3.01. The monoisotopic (exact) mass is 429 g/mol. The fourth-order valence-electron chi connectivity index (χ4n) is 2.69. The van der Waals surface area contributed by atoms with Gasteiger partial charge >= 0.3 is 0 Å². The molecule has 8 heteroatoms. The minimum Gasteiger partial charge on any atom is -0.494 e. The molecule has 0 spiro atoms. The zero-order valence-electron chi connectivity index (χ0n) is 15.4. The Bertz CT molecular complexity index is 1090. The number of rotatable bonds is 6. The van der Waals surface area contributed by atoms with Crippen LogP contribution in [0, 0.1) is 0 Å². The summed E-state index contributed by atoms with van der Waals surface area (Å²) in [7, 11) is 1.46. The van der Waals surface area contributed by atoms with Crippen LogP contribution >= 0.6 is 23.2 Å². The second-order valence-corrected chi connectivity index (χ2v) is 6.87. The molecule has 1 amide bonds. The summed E-state index contributed by atoms with van der Waals surface area (Å²) in [4.78, 5) is 25.0. The van der Waals surface area contributed by atoms with E-state index in [1.54, 1.807) is 24.4 Å². The van der Waals surface area contributed by atoms with Crippen molar-refractivity contribution in [1.29, 1.82) is 0 Å². The third-order valence-corrected chi connectivity index (χ3v) is 4.63. The number of hydrogen-bond donors (Lipinski definition) is 1. The molecule has 0 atom stereocenters. The van der Waals surface area contributed by atoms with E-state index in [4.69, 9.17) is 27.9 Å². The van der Waals surface area contributed by atoms with Crippen LogP contribution in [0.2, 0.25) is 10.0 Å². The van der Waals surface area contributed by atoms with Crippen molar-refractivity contribution < 1.29 is 9.53 Å². The van der Waals surface area contributed by atoms with Gasteiger partial charge in [-0.25, -0.2) is 5.43 Å². The first-order valence-corrected chi connectivity index (χ1v) is 9.35. The van der Waals surface area contributed by atoms with E-state index in [0.29, 0.717) is 27.9 Å². The highest BCUT2D eigenvalue weighted by Gasteiger charge is 2.12. The van der Waals surface area contributed by atoms with Crippen molar-refractivity contribution in [2.75, 3.05) is 7.11 Å². The van der Waals surface area contributed by atoms with Crippen LogP contribution in [0.5, 0.6) is 5.75 Å². The number of aromatic nitrogens is 1. The summed E-state index contributed by atoms with van der Waals surface area (Å²) in [5, 5.41) is 4.52. The zero-order chi connectivity index (χ0) is 20.8. The maximum atomic E-state index is 12.6. The zero-order valence-corrected chi connectivity index (χ0v) is 16.9. The molecule has 29 heavy (non-hydrogen) atoms. The van der Waals surface area contributed by atoms with Crippen LogP contribution in [0.1, 0.15) is 21.5 Å². The minimum atomic E-state index is -0.612. The molecule has 3 aromatic rings. The third kappa shape index (κ3) is 5.04. The lowest BCUT2D eigenvalue weighted by molar-refractivity contribution is 0.0953. The van der Waals surface area contributed by atoms with Gasteiger partial charge in [0.1, 0.15) is 5.56 Å². The fraction of sp³-hybridized carbons (Fsp3) is 0.0952. The summed E-state index contributed by atoms with van der Waals surface area (Å²) in [5.74, 6) is -0.253. The summed E-state index contributed by atoms with van der Waals surface area (Å²) in [6.45, 7) is 0.368. The van der Waals surface area contributed by atoms with Crippen LogP contribution in [0.3, 0.4) is 0 Å². The summed E-state index contributed by atoms with van der Waals surface area (Å²) < 4.78 is 6.55. The van der Waals surface area contributed by atoms with Crippen LogP contribution in [-0.2, 0) is 6.54 Å². The van der Waals surface area contributed by atoms with Gasteiger partial charge in [0.25, 0.3) is 11.5 Å². The number of pyridine rings is 1. The summed E-state index contributed by atoms with van der Waals surface area (Å²) >= 11 is 12.1. The molecule has 0 saturated heterocycles. The Morgan fingerprint density at radius 1 is 1.14 bits per heavy atom. The Labute approximate surface area is 177 Å². The molecule has 0 aliphatic carbocycles. The van der Waals surface area contributed by atoms with Crippen LogP contribution < -0.4 is 15.7 Å². The van der Waals surface area contributed by atoms with E-state index >= 15 is 0 Å². The van der Waals surface area contributed by atoms with Crippen molar-refractivity contribution in [2.45, 2.75) is 6.54 Å². The standard InChI is InChI=1S/C21H17Cl2N3O3/c1-29-19-17(22)10-15(11-18(19)23)12-24-25-20(27)16-8-5-9-26(21(16)28)13-14-6-3-2-4-7-14/h2-12H,13H2,1H3,(H,25,27)/b24-12-. The maximum absolute atomic E-state index is 12.6. The second-order valence-electron chi connectivity index (χ2n) is 6.06. The number of benzene rings is 2. The number of carbonyl (C=O) groups is 1. The Balaban J connectivity index is 1.74. The normalized spacial score (nSPS) is 10.9. The van der Waals surface area contributed by atoms with Gasteiger partial charge in [-0.3, -0.25) is 9.59 Å². The van der Waals surface area contributed by atoms with E-state index in [1.165, 1.54) is 24.0 Å². The first-order chi connectivity index (χ1) is 14.0. The molecule has 3 rings (SSSR count). The van der Waals surface area contributed by atoms with Crippen molar-refractivity contribution in [1.82, 2.24) is 9.99 Å². The number of nitrogens with zero attached hydrogens (tertiary/aromatic N) is 2. The SMILES string of the molecule is COc1c(Cl)cc(/C=N\NC(=O)c2cccn(Cc3ccccc3)c2=O)cc1Cl. The van der Waals surface area contributed by atoms with Crippen molar-refractivity contribution in [3.63, 3.8) is 0 Å². The average molecular weight is 430 g/mol. The number of ether oxygens (including phenoxy) is 1. The highest BCUT2D eigenvalue weighted by Crippen LogP contribution is 2.33. The van der Waals surface area contributed by atoms with Gasteiger partial charge in [0, 0.05) is 6.20 Å². The molecule has 0 aliphatic heterocycles. The predicted molar refractivity (Wildman–Crippen MR) is 114 cm³/mol. The Kier molecular flexibility index (Phi) is 6.69. The third-order valence-electron chi connectivity index (χ3n) is 4.06. The van der Waals surface area contributed by atoms with Gasteiger partial charge in [-0.05, 0) is 35.4 Å². The van der Waals surface area contributed by atoms with E-state index in [0.717, 1.165) is 5.56 Å². The summed E-state index contributed by atoms with van der Waals surface area (Å²) in [5.41, 5.74) is 3.46. The lowest BCUT2D eigenvalue weighted by Gasteiger charge is -2.08.